The molecule has 11 heteroatoms. The van der Waals surface area contributed by atoms with Crippen LogP contribution in [0.25, 0.3) is 0 Å². The third kappa shape index (κ3) is 6.90. The Morgan fingerprint density at radius 1 is 1.00 bits per heavy atom. The number of halogens is 7. The molecule has 2 aromatic rings. The molecule has 2 N–H and O–H groups in total. The third-order valence-corrected chi connectivity index (χ3v) is 6.24. The lowest BCUT2D eigenvalue weighted by Crippen LogP contribution is -2.36. The van der Waals surface area contributed by atoms with E-state index in [9.17, 15) is 35.9 Å². The SMILES string of the molecule is CC(C(C(=O)Nc1cc(CCC(=O)O)ccc1Cl)c1ccc(C(C)(C)C(F)(F)F)cc1)C(F)(F)F. The van der Waals surface area contributed by atoms with Gasteiger partial charge in [0.05, 0.1) is 28.0 Å². The fourth-order valence-electron chi connectivity index (χ4n) is 3.41. The highest BCUT2D eigenvalue weighted by atomic mass is 35.5. The fraction of sp³-hybridized carbons (Fsp3) is 0.417. The summed E-state index contributed by atoms with van der Waals surface area (Å²) < 4.78 is 80.9. The molecule has 35 heavy (non-hydrogen) atoms. The molecule has 0 saturated carbocycles. The number of carboxylic acid groups (broad SMARTS) is 1. The number of hydrogen-bond acceptors (Lipinski definition) is 2. The van der Waals surface area contributed by atoms with Crippen LogP contribution in [0.15, 0.2) is 42.5 Å². The summed E-state index contributed by atoms with van der Waals surface area (Å²) in [6.07, 6.45) is -9.47. The van der Waals surface area contributed by atoms with E-state index in [1.165, 1.54) is 18.2 Å². The van der Waals surface area contributed by atoms with Crippen LogP contribution >= 0.6 is 11.6 Å². The number of carbonyl (C=O) groups excluding carboxylic acids is 1. The molecular weight excluding hydrogens is 500 g/mol. The van der Waals surface area contributed by atoms with E-state index in [2.05, 4.69) is 5.32 Å². The fourth-order valence-corrected chi connectivity index (χ4v) is 3.58. The highest BCUT2D eigenvalue weighted by molar-refractivity contribution is 6.33. The van der Waals surface area contributed by atoms with Crippen LogP contribution in [-0.2, 0) is 21.4 Å². The number of alkyl halides is 6. The van der Waals surface area contributed by atoms with Gasteiger partial charge in [0, 0.05) is 6.42 Å². The van der Waals surface area contributed by atoms with Crippen LogP contribution in [0.4, 0.5) is 32.0 Å². The van der Waals surface area contributed by atoms with E-state index in [1.807, 2.05) is 0 Å². The van der Waals surface area contributed by atoms with Crippen molar-refractivity contribution in [3.05, 3.63) is 64.2 Å². The average molecular weight is 524 g/mol. The number of aliphatic carboxylic acids is 1. The number of carboxylic acids is 1. The first-order chi connectivity index (χ1) is 15.9. The topological polar surface area (TPSA) is 66.4 Å². The Kier molecular flexibility index (Phi) is 8.53. The maximum atomic E-state index is 13.6. The van der Waals surface area contributed by atoms with Crippen molar-refractivity contribution >= 4 is 29.2 Å². The number of benzene rings is 2. The van der Waals surface area contributed by atoms with Crippen molar-refractivity contribution in [2.45, 2.75) is 57.3 Å². The normalized spacial score (nSPS) is 14.3. The molecule has 4 nitrogen and oxygen atoms in total. The van der Waals surface area contributed by atoms with E-state index in [-0.39, 0.29) is 34.7 Å². The summed E-state index contributed by atoms with van der Waals surface area (Å²) >= 11 is 6.08. The molecule has 0 aliphatic heterocycles. The van der Waals surface area contributed by atoms with Gasteiger partial charge in [-0.3, -0.25) is 9.59 Å². The van der Waals surface area contributed by atoms with Gasteiger partial charge in [-0.1, -0.05) is 48.9 Å². The van der Waals surface area contributed by atoms with Crippen LogP contribution in [0, 0.1) is 5.92 Å². The smallest absolute Gasteiger partial charge is 0.397 e. The van der Waals surface area contributed by atoms with Gasteiger partial charge in [0.25, 0.3) is 0 Å². The molecule has 2 rings (SSSR count). The standard InChI is InChI=1S/C24H24ClF6NO3/c1-13(23(26,27)28)20(15-6-8-16(9-7-15)22(2,3)24(29,30)31)21(35)32-18-12-14(4-10-17(18)25)5-11-19(33)34/h4,6-10,12-13,20H,5,11H2,1-3H3,(H,32,35)(H,33,34). The maximum absolute atomic E-state index is 13.6. The van der Waals surface area contributed by atoms with Crippen molar-refractivity contribution in [2.24, 2.45) is 5.92 Å². The molecule has 2 atom stereocenters. The van der Waals surface area contributed by atoms with E-state index in [0.717, 1.165) is 45.0 Å². The summed E-state index contributed by atoms with van der Waals surface area (Å²) in [5, 5.41) is 11.2. The average Bonchev–Trinajstić information content (AvgIpc) is 2.73. The van der Waals surface area contributed by atoms with Gasteiger partial charge >= 0.3 is 18.3 Å². The van der Waals surface area contributed by atoms with Gasteiger partial charge in [-0.15, -0.1) is 0 Å². The Balaban J connectivity index is 2.42. The molecule has 0 aromatic heterocycles. The van der Waals surface area contributed by atoms with E-state index in [0.29, 0.717) is 5.56 Å². The monoisotopic (exact) mass is 523 g/mol. The molecule has 0 heterocycles. The summed E-state index contributed by atoms with van der Waals surface area (Å²) in [5.74, 6) is -6.06. The first-order valence-corrected chi connectivity index (χ1v) is 10.9. The predicted molar refractivity (Wildman–Crippen MR) is 120 cm³/mol. The van der Waals surface area contributed by atoms with Gasteiger partial charge in [0.15, 0.2) is 0 Å². The zero-order valence-electron chi connectivity index (χ0n) is 19.0. The number of hydrogen-bond donors (Lipinski definition) is 2. The molecule has 0 radical (unpaired) electrons. The van der Waals surface area contributed by atoms with Crippen molar-refractivity contribution in [3.63, 3.8) is 0 Å². The summed E-state index contributed by atoms with van der Waals surface area (Å²) in [7, 11) is 0. The maximum Gasteiger partial charge on any atom is 0.397 e. The lowest BCUT2D eigenvalue weighted by atomic mass is 9.81. The highest BCUT2D eigenvalue weighted by Crippen LogP contribution is 2.42. The minimum absolute atomic E-state index is 0.00578. The lowest BCUT2D eigenvalue weighted by Gasteiger charge is -2.29. The minimum atomic E-state index is -4.78. The van der Waals surface area contributed by atoms with E-state index >= 15 is 0 Å². The Morgan fingerprint density at radius 3 is 2.06 bits per heavy atom. The van der Waals surface area contributed by atoms with Crippen LogP contribution in [0.3, 0.4) is 0 Å². The number of aryl methyl sites for hydroxylation is 1. The Morgan fingerprint density at radius 2 is 1.57 bits per heavy atom. The zero-order valence-corrected chi connectivity index (χ0v) is 19.8. The lowest BCUT2D eigenvalue weighted by molar-refractivity contribution is -0.180. The molecule has 2 unspecified atom stereocenters. The number of nitrogens with one attached hydrogen (secondary N) is 1. The highest BCUT2D eigenvalue weighted by Gasteiger charge is 2.49. The first-order valence-electron chi connectivity index (χ1n) is 10.5. The van der Waals surface area contributed by atoms with Crippen molar-refractivity contribution in [1.82, 2.24) is 0 Å². The molecule has 192 valence electrons. The van der Waals surface area contributed by atoms with E-state index in [4.69, 9.17) is 16.7 Å². The van der Waals surface area contributed by atoms with Gasteiger partial charge in [0.2, 0.25) is 5.91 Å². The van der Waals surface area contributed by atoms with Crippen LogP contribution < -0.4 is 5.32 Å². The summed E-state index contributed by atoms with van der Waals surface area (Å²) in [5.41, 5.74) is -2.04. The van der Waals surface area contributed by atoms with E-state index in [1.54, 1.807) is 0 Å². The van der Waals surface area contributed by atoms with Crippen LogP contribution in [0.1, 0.15) is 49.8 Å². The van der Waals surface area contributed by atoms with Crippen molar-refractivity contribution in [2.75, 3.05) is 5.32 Å². The third-order valence-electron chi connectivity index (χ3n) is 5.92. The predicted octanol–water partition coefficient (Wildman–Crippen LogP) is 7.12. The molecular formula is C24H24ClF6NO3. The van der Waals surface area contributed by atoms with Gasteiger partial charge in [0.1, 0.15) is 0 Å². The second-order valence-corrected chi connectivity index (χ2v) is 9.16. The van der Waals surface area contributed by atoms with Crippen LogP contribution in [0.5, 0.6) is 0 Å². The van der Waals surface area contributed by atoms with Gasteiger partial charge in [-0.25, -0.2) is 0 Å². The number of carbonyl (C=O) groups is 2. The molecule has 0 aliphatic rings. The van der Waals surface area contributed by atoms with Crippen molar-refractivity contribution in [3.8, 4) is 0 Å². The number of anilines is 1. The largest absolute Gasteiger partial charge is 0.481 e. The number of rotatable bonds is 8. The quantitative estimate of drug-likeness (QED) is 0.362. The molecule has 2 aromatic carbocycles. The summed E-state index contributed by atoms with van der Waals surface area (Å²) in [6.45, 7) is 2.70. The first kappa shape index (κ1) is 28.5. The minimum Gasteiger partial charge on any atom is -0.481 e. The molecule has 0 saturated heterocycles. The summed E-state index contributed by atoms with van der Waals surface area (Å²) in [4.78, 5) is 23.8. The second-order valence-electron chi connectivity index (χ2n) is 8.75. The van der Waals surface area contributed by atoms with Crippen LogP contribution in [0.2, 0.25) is 5.02 Å². The molecule has 0 spiro atoms. The Bertz CT molecular complexity index is 1060. The Labute approximate surface area is 203 Å². The van der Waals surface area contributed by atoms with E-state index < -0.39 is 41.5 Å². The second kappa shape index (κ2) is 10.5. The molecule has 0 fully saturated rings. The van der Waals surface area contributed by atoms with Gasteiger partial charge in [-0.2, -0.15) is 26.3 Å². The summed E-state index contributed by atoms with van der Waals surface area (Å²) in [6, 6.07) is 8.56. The van der Waals surface area contributed by atoms with Crippen molar-refractivity contribution in [1.29, 1.82) is 0 Å². The van der Waals surface area contributed by atoms with Crippen molar-refractivity contribution < 1.29 is 41.0 Å². The molecule has 1 amide bonds. The van der Waals surface area contributed by atoms with Gasteiger partial charge < -0.3 is 10.4 Å². The Hall–Kier alpha value is -2.75. The van der Waals surface area contributed by atoms with Gasteiger partial charge in [-0.05, 0) is 49.1 Å². The molecule has 0 bridgehead atoms. The zero-order chi connectivity index (χ0) is 26.8. The molecule has 0 aliphatic carbocycles. The number of amides is 1. The van der Waals surface area contributed by atoms with Crippen LogP contribution in [-0.4, -0.2) is 29.3 Å².